The molecule has 0 saturated carbocycles. The normalized spacial score (nSPS) is 12.3. The van der Waals surface area contributed by atoms with Gasteiger partial charge in [-0.05, 0) is 30.5 Å². The molecule has 3 aromatic carbocycles. The smallest absolute Gasteiger partial charge is 0.412 e. The van der Waals surface area contributed by atoms with Gasteiger partial charge in [-0.15, -0.1) is 0 Å². The van der Waals surface area contributed by atoms with E-state index in [0.717, 1.165) is 16.3 Å². The SMILES string of the molecule is Cc1cccc(-c2ncc(NC(=O)OCc3ccccc3)c(=O)n2CC(=O)NC(Cc2ccccc2)C(O)C(F)(F)C(=O)NCCC(=O)O)c1. The Labute approximate surface area is 284 Å². The molecule has 5 N–H and O–H groups in total. The summed E-state index contributed by atoms with van der Waals surface area (Å²) in [5.74, 6) is -8.71. The van der Waals surface area contributed by atoms with Gasteiger partial charge in [0.1, 0.15) is 30.8 Å². The Morgan fingerprint density at radius 3 is 2.26 bits per heavy atom. The number of aryl methyl sites for hydroxylation is 1. The number of aliphatic hydroxyl groups excluding tert-OH is 1. The van der Waals surface area contributed by atoms with Gasteiger partial charge in [-0.3, -0.25) is 29.1 Å². The quantitative estimate of drug-likeness (QED) is 0.125. The summed E-state index contributed by atoms with van der Waals surface area (Å²) in [5.41, 5.74) is 1.15. The van der Waals surface area contributed by atoms with Crippen LogP contribution in [0.5, 0.6) is 0 Å². The second-order valence-corrected chi connectivity index (χ2v) is 11.3. The highest BCUT2D eigenvalue weighted by Gasteiger charge is 2.50. The highest BCUT2D eigenvalue weighted by Crippen LogP contribution is 2.24. The first-order valence-electron chi connectivity index (χ1n) is 15.4. The number of alkyl halides is 2. The number of amides is 3. The minimum Gasteiger partial charge on any atom is -0.481 e. The second-order valence-electron chi connectivity index (χ2n) is 11.3. The van der Waals surface area contributed by atoms with Gasteiger partial charge in [0, 0.05) is 12.1 Å². The first-order valence-corrected chi connectivity index (χ1v) is 15.4. The summed E-state index contributed by atoms with van der Waals surface area (Å²) >= 11 is 0. The van der Waals surface area contributed by atoms with Gasteiger partial charge in [-0.2, -0.15) is 8.78 Å². The predicted molar refractivity (Wildman–Crippen MR) is 177 cm³/mol. The fourth-order valence-corrected chi connectivity index (χ4v) is 4.90. The summed E-state index contributed by atoms with van der Waals surface area (Å²) in [7, 11) is 0. The zero-order chi connectivity index (χ0) is 36.3. The molecule has 0 fully saturated rings. The van der Waals surface area contributed by atoms with Gasteiger partial charge in [-0.1, -0.05) is 84.4 Å². The maximum Gasteiger partial charge on any atom is 0.412 e. The van der Waals surface area contributed by atoms with E-state index < -0.39 is 67.0 Å². The summed E-state index contributed by atoms with van der Waals surface area (Å²) in [6, 6.07) is 21.9. The number of aromatic nitrogens is 2. The van der Waals surface area contributed by atoms with Crippen LogP contribution in [0.1, 0.15) is 23.1 Å². The number of carboxylic acids is 1. The number of carboxylic acid groups (broad SMARTS) is 1. The van der Waals surface area contributed by atoms with Crippen molar-refractivity contribution in [2.45, 2.75) is 51.0 Å². The maximum atomic E-state index is 15.2. The molecule has 4 rings (SSSR count). The zero-order valence-electron chi connectivity index (χ0n) is 26.8. The summed E-state index contributed by atoms with van der Waals surface area (Å²) in [4.78, 5) is 67.2. The molecule has 0 aliphatic heterocycles. The van der Waals surface area contributed by atoms with Gasteiger partial charge in [0.15, 0.2) is 0 Å². The minimum atomic E-state index is -4.46. The molecule has 0 bridgehead atoms. The molecule has 262 valence electrons. The van der Waals surface area contributed by atoms with Crippen molar-refractivity contribution < 1.29 is 42.9 Å². The average Bonchev–Trinajstić information content (AvgIpc) is 3.09. The summed E-state index contributed by atoms with van der Waals surface area (Å²) < 4.78 is 36.6. The molecule has 0 aliphatic carbocycles. The van der Waals surface area contributed by atoms with Crippen LogP contribution in [0.25, 0.3) is 11.4 Å². The van der Waals surface area contributed by atoms with Crippen molar-refractivity contribution in [2.75, 3.05) is 11.9 Å². The third kappa shape index (κ3) is 10.0. The Morgan fingerprint density at radius 1 is 0.960 bits per heavy atom. The molecular formula is C35H35F2N5O8. The predicted octanol–water partition coefficient (Wildman–Crippen LogP) is 3.28. The molecule has 13 nitrogen and oxygen atoms in total. The van der Waals surface area contributed by atoms with Crippen LogP contribution in [0.2, 0.25) is 0 Å². The van der Waals surface area contributed by atoms with Crippen LogP contribution in [-0.2, 0) is 38.7 Å². The van der Waals surface area contributed by atoms with E-state index in [0.29, 0.717) is 16.7 Å². The standard InChI is InChI=1S/C35H35F2N5O8/c1-22-9-8-14-25(17-22)31-39-19-27(41-34(49)50-21-24-12-6-3-7-13-24)32(47)42(31)20-28(43)40-26(18-23-10-4-2-5-11-23)30(46)35(36,37)33(48)38-16-15-29(44)45/h2-14,17,19,26,30,46H,15-16,18,20-21H2,1H3,(H,38,48)(H,40,43)(H,41,49)(H,44,45). The lowest BCUT2D eigenvalue weighted by molar-refractivity contribution is -0.167. The summed E-state index contributed by atoms with van der Waals surface area (Å²) in [5, 5.41) is 26.0. The van der Waals surface area contributed by atoms with Gasteiger partial charge < -0.3 is 25.6 Å². The number of carbonyl (C=O) groups excluding carboxylic acids is 3. The Balaban J connectivity index is 1.61. The topological polar surface area (TPSA) is 189 Å². The largest absolute Gasteiger partial charge is 0.481 e. The van der Waals surface area contributed by atoms with Crippen molar-refractivity contribution in [2.24, 2.45) is 0 Å². The number of nitrogens with one attached hydrogen (secondary N) is 3. The number of anilines is 1. The third-order valence-corrected chi connectivity index (χ3v) is 7.40. The van der Waals surface area contributed by atoms with Crippen molar-refractivity contribution in [1.29, 1.82) is 0 Å². The monoisotopic (exact) mass is 691 g/mol. The van der Waals surface area contributed by atoms with E-state index in [1.165, 1.54) is 0 Å². The fourth-order valence-electron chi connectivity index (χ4n) is 4.90. The van der Waals surface area contributed by atoms with E-state index >= 15 is 8.78 Å². The minimum absolute atomic E-state index is 0.0142. The molecule has 0 aliphatic rings. The maximum absolute atomic E-state index is 15.2. The lowest BCUT2D eigenvalue weighted by atomic mass is 9.96. The number of ether oxygens (including phenoxy) is 1. The van der Waals surface area contributed by atoms with Gasteiger partial charge in [0.25, 0.3) is 11.5 Å². The van der Waals surface area contributed by atoms with Crippen LogP contribution in [0.15, 0.2) is 95.9 Å². The van der Waals surface area contributed by atoms with Crippen LogP contribution in [0.3, 0.4) is 0 Å². The number of aliphatic hydroxyl groups is 1. The number of hydrogen-bond acceptors (Lipinski definition) is 8. The van der Waals surface area contributed by atoms with Crippen molar-refractivity contribution >= 4 is 29.6 Å². The first-order chi connectivity index (χ1) is 23.8. The molecule has 0 radical (unpaired) electrons. The van der Waals surface area contributed by atoms with Crippen LogP contribution in [0, 0.1) is 6.92 Å². The lowest BCUT2D eigenvalue weighted by Crippen LogP contribution is -2.58. The van der Waals surface area contributed by atoms with E-state index in [4.69, 9.17) is 9.84 Å². The molecule has 2 unspecified atom stereocenters. The summed E-state index contributed by atoms with van der Waals surface area (Å²) in [6.07, 6.45) is -3.62. The number of hydrogen-bond donors (Lipinski definition) is 5. The zero-order valence-corrected chi connectivity index (χ0v) is 26.8. The average molecular weight is 692 g/mol. The highest BCUT2D eigenvalue weighted by atomic mass is 19.3. The molecule has 0 spiro atoms. The Kier molecular flexibility index (Phi) is 12.5. The number of aliphatic carboxylic acids is 1. The highest BCUT2D eigenvalue weighted by molar-refractivity contribution is 5.85. The summed E-state index contributed by atoms with van der Waals surface area (Å²) in [6.45, 7) is 0.294. The first kappa shape index (κ1) is 36.9. The van der Waals surface area contributed by atoms with Gasteiger partial charge in [0.2, 0.25) is 5.91 Å². The number of nitrogens with zero attached hydrogens (tertiary/aromatic N) is 2. The number of benzene rings is 3. The van der Waals surface area contributed by atoms with Crippen LogP contribution >= 0.6 is 0 Å². The second kappa shape index (κ2) is 16.9. The van der Waals surface area contributed by atoms with E-state index in [2.05, 4.69) is 15.6 Å². The molecule has 15 heteroatoms. The molecule has 0 saturated heterocycles. The van der Waals surface area contributed by atoms with E-state index in [1.807, 2.05) is 0 Å². The van der Waals surface area contributed by atoms with Gasteiger partial charge in [0.05, 0.1) is 18.7 Å². The molecule has 2 atom stereocenters. The molecule has 3 amide bonds. The van der Waals surface area contributed by atoms with Gasteiger partial charge >= 0.3 is 18.0 Å². The molecule has 4 aromatic rings. The Bertz CT molecular complexity index is 1870. The van der Waals surface area contributed by atoms with Gasteiger partial charge in [-0.25, -0.2) is 9.78 Å². The van der Waals surface area contributed by atoms with Crippen molar-refractivity contribution in [3.63, 3.8) is 0 Å². The Hall–Kier alpha value is -5.96. The lowest BCUT2D eigenvalue weighted by Gasteiger charge is -2.30. The van der Waals surface area contributed by atoms with Crippen molar-refractivity contribution in [3.8, 4) is 11.4 Å². The third-order valence-electron chi connectivity index (χ3n) is 7.40. The van der Waals surface area contributed by atoms with Crippen LogP contribution in [0.4, 0.5) is 19.3 Å². The van der Waals surface area contributed by atoms with E-state index in [9.17, 15) is 29.1 Å². The fraction of sp³-hybridized carbons (Fsp3) is 0.257. The van der Waals surface area contributed by atoms with Crippen molar-refractivity contribution in [3.05, 3.63) is 118 Å². The molecular weight excluding hydrogens is 656 g/mol. The number of halogens is 2. The number of carbonyl (C=O) groups is 4. The molecule has 1 aromatic heterocycles. The molecule has 50 heavy (non-hydrogen) atoms. The number of rotatable bonds is 15. The Morgan fingerprint density at radius 2 is 1.62 bits per heavy atom. The van der Waals surface area contributed by atoms with E-state index in [1.54, 1.807) is 97.2 Å². The van der Waals surface area contributed by atoms with Crippen LogP contribution < -0.4 is 21.5 Å². The molecule has 1 heterocycles. The van der Waals surface area contributed by atoms with Crippen molar-refractivity contribution in [1.82, 2.24) is 20.2 Å². The van der Waals surface area contributed by atoms with E-state index in [-0.39, 0.29) is 24.5 Å². The van der Waals surface area contributed by atoms with Crippen LogP contribution in [-0.4, -0.2) is 68.3 Å².